The molecule has 3 aromatic rings. The van der Waals surface area contributed by atoms with Gasteiger partial charge in [0.1, 0.15) is 5.41 Å². The topological polar surface area (TPSA) is 87.2 Å². The highest BCUT2D eigenvalue weighted by Crippen LogP contribution is 2.33. The number of hydrogen-bond donors (Lipinski definition) is 2. The molecule has 1 aliphatic rings. The highest BCUT2D eigenvalue weighted by atomic mass is 32.1. The summed E-state index contributed by atoms with van der Waals surface area (Å²) in [5.41, 5.74) is 1.20. The van der Waals surface area contributed by atoms with Crippen LogP contribution in [0.2, 0.25) is 0 Å². The molecule has 0 aliphatic carbocycles. The number of carbonyl (C=O) groups excluding carboxylic acids is 2. The number of benzene rings is 1. The van der Waals surface area contributed by atoms with Gasteiger partial charge in [0.05, 0.1) is 12.2 Å². The molecule has 2 amide bonds. The Balaban J connectivity index is 1.39. The van der Waals surface area contributed by atoms with Crippen molar-refractivity contribution < 1.29 is 9.59 Å². The molecular formula is C24H27N5O2S. The lowest BCUT2D eigenvalue weighted by atomic mass is 9.75. The van der Waals surface area contributed by atoms with Gasteiger partial charge in [0.15, 0.2) is 5.13 Å². The first-order valence-electron chi connectivity index (χ1n) is 10.7. The van der Waals surface area contributed by atoms with Crippen molar-refractivity contribution in [3.05, 3.63) is 77.1 Å². The predicted molar refractivity (Wildman–Crippen MR) is 126 cm³/mol. The van der Waals surface area contributed by atoms with Gasteiger partial charge in [0.25, 0.3) is 0 Å². The van der Waals surface area contributed by atoms with E-state index in [-0.39, 0.29) is 18.4 Å². The highest BCUT2D eigenvalue weighted by Gasteiger charge is 2.44. The standard InChI is InChI=1S/C24H27N5O2S/c1-25-22(31)24(20-10-5-6-12-26-20)11-7-13-29(17-24)16-21(30)28-23-27-15-19(32-23)14-18-8-3-2-4-9-18/h2-6,8-10,12,15H,7,11,13-14,16-17H2,1H3,(H,25,31)(H,27,28,30). The van der Waals surface area contributed by atoms with Crippen molar-refractivity contribution in [3.63, 3.8) is 0 Å². The van der Waals surface area contributed by atoms with Crippen molar-refractivity contribution in [1.29, 1.82) is 0 Å². The lowest BCUT2D eigenvalue weighted by Gasteiger charge is -2.40. The number of carbonyl (C=O) groups is 2. The second-order valence-electron chi connectivity index (χ2n) is 8.03. The summed E-state index contributed by atoms with van der Waals surface area (Å²) >= 11 is 1.49. The summed E-state index contributed by atoms with van der Waals surface area (Å²) in [6.45, 7) is 1.42. The van der Waals surface area contributed by atoms with Gasteiger partial charge in [0.2, 0.25) is 11.8 Å². The largest absolute Gasteiger partial charge is 0.358 e. The summed E-state index contributed by atoms with van der Waals surface area (Å²) in [5, 5.41) is 6.31. The third kappa shape index (κ3) is 5.03. The number of aromatic nitrogens is 2. The maximum atomic E-state index is 12.9. The van der Waals surface area contributed by atoms with Gasteiger partial charge in [-0.25, -0.2) is 4.98 Å². The number of amides is 2. The fraction of sp³-hybridized carbons (Fsp3) is 0.333. The van der Waals surface area contributed by atoms with Crippen molar-refractivity contribution >= 4 is 28.3 Å². The van der Waals surface area contributed by atoms with Gasteiger partial charge in [-0.2, -0.15) is 0 Å². The van der Waals surface area contributed by atoms with E-state index in [9.17, 15) is 9.59 Å². The van der Waals surface area contributed by atoms with Crippen molar-refractivity contribution in [2.24, 2.45) is 0 Å². The normalized spacial score (nSPS) is 18.8. The van der Waals surface area contributed by atoms with Crippen LogP contribution >= 0.6 is 11.3 Å². The summed E-state index contributed by atoms with van der Waals surface area (Å²) < 4.78 is 0. The number of anilines is 1. The second-order valence-corrected chi connectivity index (χ2v) is 9.15. The van der Waals surface area contributed by atoms with Gasteiger partial charge in [-0.1, -0.05) is 36.4 Å². The first kappa shape index (κ1) is 22.1. The number of likely N-dealkylation sites (tertiary alicyclic amines) is 1. The monoisotopic (exact) mass is 449 g/mol. The van der Waals surface area contributed by atoms with Crippen LogP contribution in [0.4, 0.5) is 5.13 Å². The van der Waals surface area contributed by atoms with Crippen LogP contribution in [-0.4, -0.2) is 53.4 Å². The van der Waals surface area contributed by atoms with Crippen LogP contribution < -0.4 is 10.6 Å². The smallest absolute Gasteiger partial charge is 0.240 e. The Kier molecular flexibility index (Phi) is 6.92. The molecule has 1 unspecified atom stereocenters. The lowest BCUT2D eigenvalue weighted by Crippen LogP contribution is -2.55. The van der Waals surface area contributed by atoms with E-state index < -0.39 is 5.41 Å². The van der Waals surface area contributed by atoms with E-state index in [4.69, 9.17) is 0 Å². The number of thiazole rings is 1. The van der Waals surface area contributed by atoms with Gasteiger partial charge in [0, 0.05) is 37.3 Å². The Morgan fingerprint density at radius 3 is 2.69 bits per heavy atom. The Labute approximate surface area is 191 Å². The van der Waals surface area contributed by atoms with Crippen molar-refractivity contribution in [2.45, 2.75) is 24.7 Å². The fourth-order valence-electron chi connectivity index (χ4n) is 4.28. The second kappa shape index (κ2) is 10.0. The summed E-state index contributed by atoms with van der Waals surface area (Å²) in [4.78, 5) is 37.6. The summed E-state index contributed by atoms with van der Waals surface area (Å²) in [7, 11) is 1.65. The number of piperidine rings is 1. The fourth-order valence-corrected chi connectivity index (χ4v) is 5.14. The van der Waals surface area contributed by atoms with E-state index in [0.29, 0.717) is 18.1 Å². The molecule has 4 rings (SSSR count). The molecule has 8 heteroatoms. The van der Waals surface area contributed by atoms with Crippen LogP contribution in [0.5, 0.6) is 0 Å². The van der Waals surface area contributed by atoms with Crippen LogP contribution in [0.1, 0.15) is 29.0 Å². The molecule has 1 fully saturated rings. The van der Waals surface area contributed by atoms with Gasteiger partial charge in [-0.05, 0) is 37.1 Å². The Morgan fingerprint density at radius 1 is 1.12 bits per heavy atom. The molecule has 0 radical (unpaired) electrons. The molecule has 2 aromatic heterocycles. The minimum absolute atomic E-state index is 0.0632. The molecule has 2 N–H and O–H groups in total. The predicted octanol–water partition coefficient (Wildman–Crippen LogP) is 2.85. The molecule has 0 bridgehead atoms. The third-order valence-electron chi connectivity index (χ3n) is 5.78. The van der Waals surface area contributed by atoms with Crippen LogP contribution in [0.3, 0.4) is 0 Å². The number of hydrogen-bond acceptors (Lipinski definition) is 6. The van der Waals surface area contributed by atoms with Gasteiger partial charge in [-0.15, -0.1) is 11.3 Å². The van der Waals surface area contributed by atoms with Gasteiger partial charge < -0.3 is 10.6 Å². The average Bonchev–Trinajstić information content (AvgIpc) is 3.26. The minimum Gasteiger partial charge on any atom is -0.358 e. The molecule has 0 spiro atoms. The molecule has 0 saturated carbocycles. The first-order chi connectivity index (χ1) is 15.6. The Morgan fingerprint density at radius 2 is 1.94 bits per heavy atom. The van der Waals surface area contributed by atoms with E-state index in [1.165, 1.54) is 16.9 Å². The zero-order chi connectivity index (χ0) is 22.4. The van der Waals surface area contributed by atoms with Crippen molar-refractivity contribution in [3.8, 4) is 0 Å². The summed E-state index contributed by atoms with van der Waals surface area (Å²) in [6.07, 6.45) is 5.83. The highest BCUT2D eigenvalue weighted by molar-refractivity contribution is 7.15. The Hall–Kier alpha value is -3.10. The Bertz CT molecular complexity index is 1060. The van der Waals surface area contributed by atoms with E-state index in [2.05, 4.69) is 32.7 Å². The number of likely N-dealkylation sites (N-methyl/N-ethyl adjacent to an activating group) is 1. The molecule has 1 aromatic carbocycles. The molecule has 166 valence electrons. The average molecular weight is 450 g/mol. The molecule has 1 saturated heterocycles. The van der Waals surface area contributed by atoms with Crippen LogP contribution in [0.25, 0.3) is 0 Å². The number of nitrogens with zero attached hydrogens (tertiary/aromatic N) is 3. The van der Waals surface area contributed by atoms with Crippen LogP contribution in [0, 0.1) is 0 Å². The van der Waals surface area contributed by atoms with E-state index in [0.717, 1.165) is 30.0 Å². The maximum absolute atomic E-state index is 12.9. The number of nitrogens with one attached hydrogen (secondary N) is 2. The van der Waals surface area contributed by atoms with Gasteiger partial charge in [-0.3, -0.25) is 19.5 Å². The zero-order valence-corrected chi connectivity index (χ0v) is 18.9. The van der Waals surface area contributed by atoms with Crippen LogP contribution in [-0.2, 0) is 21.4 Å². The minimum atomic E-state index is -0.751. The SMILES string of the molecule is CNC(=O)C1(c2ccccn2)CCCN(CC(=O)Nc2ncc(Cc3ccccc3)s2)C1. The quantitative estimate of drug-likeness (QED) is 0.579. The lowest BCUT2D eigenvalue weighted by molar-refractivity contribution is -0.130. The third-order valence-corrected chi connectivity index (χ3v) is 6.69. The zero-order valence-electron chi connectivity index (χ0n) is 18.1. The molecule has 1 aliphatic heterocycles. The van der Waals surface area contributed by atoms with Gasteiger partial charge >= 0.3 is 0 Å². The van der Waals surface area contributed by atoms with E-state index >= 15 is 0 Å². The molecule has 3 heterocycles. The number of pyridine rings is 1. The summed E-state index contributed by atoms with van der Waals surface area (Å²) in [6, 6.07) is 15.8. The van der Waals surface area contributed by atoms with Crippen molar-refractivity contribution in [1.82, 2.24) is 20.2 Å². The van der Waals surface area contributed by atoms with Crippen LogP contribution in [0.15, 0.2) is 60.9 Å². The van der Waals surface area contributed by atoms with Crippen molar-refractivity contribution in [2.75, 3.05) is 32.0 Å². The van der Waals surface area contributed by atoms with E-state index in [1.54, 1.807) is 13.2 Å². The maximum Gasteiger partial charge on any atom is 0.240 e. The molecule has 7 nitrogen and oxygen atoms in total. The summed E-state index contributed by atoms with van der Waals surface area (Å²) in [5.74, 6) is -0.189. The number of rotatable bonds is 7. The van der Waals surface area contributed by atoms with E-state index in [1.807, 2.05) is 47.5 Å². The molecular weight excluding hydrogens is 422 g/mol. The molecule has 1 atom stereocenters. The molecule has 32 heavy (non-hydrogen) atoms. The first-order valence-corrected chi connectivity index (χ1v) is 11.6.